The van der Waals surface area contributed by atoms with E-state index in [4.69, 9.17) is 4.52 Å². The van der Waals surface area contributed by atoms with Crippen LogP contribution in [0.25, 0.3) is 0 Å². The fourth-order valence-electron chi connectivity index (χ4n) is 2.87. The highest BCUT2D eigenvalue weighted by Crippen LogP contribution is 2.40. The van der Waals surface area contributed by atoms with Crippen molar-refractivity contribution >= 4 is 11.8 Å². The Bertz CT molecular complexity index is 543. The van der Waals surface area contributed by atoms with Crippen LogP contribution in [0.5, 0.6) is 0 Å². The molecule has 2 aliphatic rings. The number of aromatic nitrogens is 1. The van der Waals surface area contributed by atoms with E-state index in [0.717, 1.165) is 37.9 Å². The number of piperidine rings is 1. The predicted molar refractivity (Wildman–Crippen MR) is 80.5 cm³/mol. The smallest absolute Gasteiger partial charge is 0.276 e. The number of nitrogens with one attached hydrogen (secondary N) is 1. The highest BCUT2D eigenvalue weighted by molar-refractivity contribution is 5.92. The van der Waals surface area contributed by atoms with Crippen LogP contribution >= 0.6 is 0 Å². The summed E-state index contributed by atoms with van der Waals surface area (Å²) in [6.45, 7) is 3.30. The molecule has 0 spiro atoms. The van der Waals surface area contributed by atoms with E-state index in [1.54, 1.807) is 11.0 Å². The second-order valence-corrected chi connectivity index (χ2v) is 6.27. The first kappa shape index (κ1) is 15.1. The summed E-state index contributed by atoms with van der Waals surface area (Å²) in [6.07, 6.45) is 5.29. The van der Waals surface area contributed by atoms with E-state index in [9.17, 15) is 9.59 Å². The molecule has 6 heteroatoms. The lowest BCUT2D eigenvalue weighted by atomic mass is 10.0. The van der Waals surface area contributed by atoms with Crippen LogP contribution in [0.15, 0.2) is 10.6 Å². The molecule has 1 aromatic heterocycles. The third-order valence-corrected chi connectivity index (χ3v) is 4.35. The molecule has 1 N–H and O–H groups in total. The number of hydrogen-bond acceptors (Lipinski definition) is 4. The van der Waals surface area contributed by atoms with Gasteiger partial charge in [0, 0.05) is 37.5 Å². The normalized spacial score (nSPS) is 19.2. The third kappa shape index (κ3) is 3.48. The first-order chi connectivity index (χ1) is 10.7. The molecule has 2 fully saturated rings. The molecule has 1 aliphatic carbocycles. The summed E-state index contributed by atoms with van der Waals surface area (Å²) in [5.41, 5.74) is 0.412. The fraction of sp³-hybridized carbons (Fsp3) is 0.688. The summed E-state index contributed by atoms with van der Waals surface area (Å²) in [7, 11) is 0. The Balaban J connectivity index is 1.49. The molecule has 0 bridgehead atoms. The Morgan fingerprint density at radius 2 is 2.05 bits per heavy atom. The number of amides is 2. The highest BCUT2D eigenvalue weighted by atomic mass is 16.5. The van der Waals surface area contributed by atoms with Crippen LogP contribution in [0.2, 0.25) is 0 Å². The summed E-state index contributed by atoms with van der Waals surface area (Å²) < 4.78 is 5.25. The van der Waals surface area contributed by atoms with E-state index < -0.39 is 0 Å². The molecule has 0 atom stereocenters. The van der Waals surface area contributed by atoms with Crippen molar-refractivity contribution in [1.29, 1.82) is 0 Å². The molecule has 3 rings (SSSR count). The number of rotatable bonds is 5. The van der Waals surface area contributed by atoms with Gasteiger partial charge in [-0.2, -0.15) is 0 Å². The Labute approximate surface area is 130 Å². The molecule has 6 nitrogen and oxygen atoms in total. The van der Waals surface area contributed by atoms with Gasteiger partial charge in [0.25, 0.3) is 5.91 Å². The molecule has 0 aromatic carbocycles. The Morgan fingerprint density at radius 1 is 1.32 bits per heavy atom. The van der Waals surface area contributed by atoms with Gasteiger partial charge in [-0.25, -0.2) is 0 Å². The van der Waals surface area contributed by atoms with E-state index in [-0.39, 0.29) is 17.9 Å². The van der Waals surface area contributed by atoms with Crippen LogP contribution in [0.4, 0.5) is 0 Å². The average Bonchev–Trinajstić information content (AvgIpc) is 3.25. The zero-order valence-corrected chi connectivity index (χ0v) is 13.0. The Hall–Kier alpha value is -1.85. The summed E-state index contributed by atoms with van der Waals surface area (Å²) in [4.78, 5) is 25.8. The van der Waals surface area contributed by atoms with Gasteiger partial charge in [0.2, 0.25) is 5.91 Å². The molecule has 0 unspecified atom stereocenters. The fourth-order valence-corrected chi connectivity index (χ4v) is 2.87. The number of carbonyl (C=O) groups excluding carboxylic acids is 2. The first-order valence-corrected chi connectivity index (χ1v) is 8.22. The van der Waals surface area contributed by atoms with Gasteiger partial charge < -0.3 is 14.7 Å². The van der Waals surface area contributed by atoms with Crippen molar-refractivity contribution in [3.05, 3.63) is 17.5 Å². The van der Waals surface area contributed by atoms with Crippen LogP contribution in [-0.4, -0.2) is 41.0 Å². The largest absolute Gasteiger partial charge is 0.360 e. The van der Waals surface area contributed by atoms with Gasteiger partial charge in [-0.05, 0) is 32.1 Å². The SMILES string of the molecule is CCCC(=O)NC1CCN(C(=O)c2cc(C3CC3)on2)CC1. The van der Waals surface area contributed by atoms with Crippen molar-refractivity contribution in [2.45, 2.75) is 57.4 Å². The van der Waals surface area contributed by atoms with E-state index in [1.807, 2.05) is 6.92 Å². The van der Waals surface area contributed by atoms with Crippen molar-refractivity contribution in [2.24, 2.45) is 0 Å². The van der Waals surface area contributed by atoms with Crippen LogP contribution in [-0.2, 0) is 4.79 Å². The topological polar surface area (TPSA) is 75.4 Å². The van der Waals surface area contributed by atoms with Crippen LogP contribution in [0.1, 0.15) is 67.6 Å². The van der Waals surface area contributed by atoms with E-state index >= 15 is 0 Å². The predicted octanol–water partition coefficient (Wildman–Crippen LogP) is 2.07. The molecule has 22 heavy (non-hydrogen) atoms. The molecule has 2 amide bonds. The van der Waals surface area contributed by atoms with Gasteiger partial charge in [-0.15, -0.1) is 0 Å². The Kier molecular flexibility index (Phi) is 4.45. The van der Waals surface area contributed by atoms with E-state index in [1.165, 1.54) is 0 Å². The maximum atomic E-state index is 12.4. The lowest BCUT2D eigenvalue weighted by Gasteiger charge is -2.31. The van der Waals surface area contributed by atoms with Gasteiger partial charge in [0.05, 0.1) is 0 Å². The molecule has 120 valence electrons. The van der Waals surface area contributed by atoms with Gasteiger partial charge in [0.1, 0.15) is 5.76 Å². The number of nitrogens with zero attached hydrogens (tertiary/aromatic N) is 2. The zero-order chi connectivity index (χ0) is 15.5. The molecule has 1 saturated carbocycles. The zero-order valence-electron chi connectivity index (χ0n) is 13.0. The minimum absolute atomic E-state index is 0.0611. The molecule has 2 heterocycles. The van der Waals surface area contributed by atoms with Gasteiger partial charge in [-0.1, -0.05) is 12.1 Å². The molecular weight excluding hydrogens is 282 g/mol. The van der Waals surface area contributed by atoms with Crippen LogP contribution in [0, 0.1) is 0 Å². The minimum atomic E-state index is -0.0611. The number of carbonyl (C=O) groups is 2. The monoisotopic (exact) mass is 305 g/mol. The van der Waals surface area contributed by atoms with Crippen LogP contribution < -0.4 is 5.32 Å². The summed E-state index contributed by atoms with van der Waals surface area (Å²) >= 11 is 0. The van der Waals surface area contributed by atoms with E-state index in [2.05, 4.69) is 10.5 Å². The molecular formula is C16H23N3O3. The summed E-state index contributed by atoms with van der Waals surface area (Å²) in [5.74, 6) is 1.35. The lowest BCUT2D eigenvalue weighted by Crippen LogP contribution is -2.46. The summed E-state index contributed by atoms with van der Waals surface area (Å²) in [6, 6.07) is 1.97. The second kappa shape index (κ2) is 6.50. The second-order valence-electron chi connectivity index (χ2n) is 6.27. The molecule has 0 radical (unpaired) electrons. The van der Waals surface area contributed by atoms with Crippen molar-refractivity contribution in [3.8, 4) is 0 Å². The lowest BCUT2D eigenvalue weighted by molar-refractivity contribution is -0.122. The van der Waals surface area contributed by atoms with Crippen molar-refractivity contribution in [1.82, 2.24) is 15.4 Å². The summed E-state index contributed by atoms with van der Waals surface area (Å²) in [5, 5.41) is 6.94. The van der Waals surface area contributed by atoms with Crippen LogP contribution in [0.3, 0.4) is 0 Å². The molecule has 1 aliphatic heterocycles. The first-order valence-electron chi connectivity index (χ1n) is 8.22. The number of likely N-dealkylation sites (tertiary alicyclic amines) is 1. The standard InChI is InChI=1S/C16H23N3O3/c1-2-3-15(20)17-12-6-8-19(9-7-12)16(21)13-10-14(22-18-13)11-4-5-11/h10-12H,2-9H2,1H3,(H,17,20). The highest BCUT2D eigenvalue weighted by Gasteiger charge is 2.31. The minimum Gasteiger partial charge on any atom is -0.360 e. The van der Waals surface area contributed by atoms with Crippen molar-refractivity contribution in [3.63, 3.8) is 0 Å². The van der Waals surface area contributed by atoms with Gasteiger partial charge >= 0.3 is 0 Å². The maximum Gasteiger partial charge on any atom is 0.276 e. The molecule has 1 aromatic rings. The molecule has 1 saturated heterocycles. The van der Waals surface area contributed by atoms with Gasteiger partial charge in [-0.3, -0.25) is 9.59 Å². The quantitative estimate of drug-likeness (QED) is 0.903. The van der Waals surface area contributed by atoms with Gasteiger partial charge in [0.15, 0.2) is 5.69 Å². The average molecular weight is 305 g/mol. The third-order valence-electron chi connectivity index (χ3n) is 4.35. The Morgan fingerprint density at radius 3 is 2.68 bits per heavy atom. The number of hydrogen-bond donors (Lipinski definition) is 1. The van der Waals surface area contributed by atoms with Crippen molar-refractivity contribution in [2.75, 3.05) is 13.1 Å². The van der Waals surface area contributed by atoms with E-state index in [0.29, 0.717) is 31.1 Å². The van der Waals surface area contributed by atoms with Crippen molar-refractivity contribution < 1.29 is 14.1 Å². The maximum absolute atomic E-state index is 12.4.